The molecule has 4 nitrogen and oxygen atoms in total. The van der Waals surface area contributed by atoms with Gasteiger partial charge in [-0.05, 0) is 40.5 Å². The van der Waals surface area contributed by atoms with Crippen molar-refractivity contribution in [1.82, 2.24) is 5.32 Å². The zero-order valence-corrected chi connectivity index (χ0v) is 11.3. The van der Waals surface area contributed by atoms with Gasteiger partial charge in [0.05, 0.1) is 11.6 Å². The summed E-state index contributed by atoms with van der Waals surface area (Å²) >= 11 is 0. The summed E-state index contributed by atoms with van der Waals surface area (Å²) in [4.78, 5) is 11.5. The second-order valence-electron chi connectivity index (χ2n) is 5.18. The minimum Gasteiger partial charge on any atom is -0.444 e. The second kappa shape index (κ2) is 5.53. The maximum absolute atomic E-state index is 11.5. The Bertz CT molecular complexity index is 229. The standard InChI is InChI=1S/C12H25NO3/c1-7-12(15,8-2)9(3)13-10(14)16-11(4,5)6/h9,15H,7-8H2,1-6H3,(H,13,14)/t9-/m1/s1. The smallest absolute Gasteiger partial charge is 0.407 e. The molecule has 16 heavy (non-hydrogen) atoms. The summed E-state index contributed by atoms with van der Waals surface area (Å²) in [7, 11) is 0. The Morgan fingerprint density at radius 3 is 2.06 bits per heavy atom. The van der Waals surface area contributed by atoms with Crippen molar-refractivity contribution in [1.29, 1.82) is 0 Å². The van der Waals surface area contributed by atoms with Crippen molar-refractivity contribution in [3.8, 4) is 0 Å². The SMILES string of the molecule is CCC(O)(CC)[C@@H](C)NC(=O)OC(C)(C)C. The molecule has 0 spiro atoms. The van der Waals surface area contributed by atoms with Gasteiger partial charge >= 0.3 is 6.09 Å². The summed E-state index contributed by atoms with van der Waals surface area (Å²) in [6.07, 6.45) is 0.710. The molecule has 0 aromatic heterocycles. The van der Waals surface area contributed by atoms with Gasteiger partial charge < -0.3 is 15.2 Å². The number of carbonyl (C=O) groups is 1. The van der Waals surface area contributed by atoms with E-state index in [-0.39, 0.29) is 6.04 Å². The van der Waals surface area contributed by atoms with E-state index in [1.807, 2.05) is 34.6 Å². The maximum Gasteiger partial charge on any atom is 0.407 e. The van der Waals surface area contributed by atoms with Gasteiger partial charge in [0.25, 0.3) is 0 Å². The fourth-order valence-corrected chi connectivity index (χ4v) is 1.48. The van der Waals surface area contributed by atoms with Gasteiger partial charge in [-0.1, -0.05) is 13.8 Å². The monoisotopic (exact) mass is 231 g/mol. The quantitative estimate of drug-likeness (QED) is 0.781. The fraction of sp³-hybridized carbons (Fsp3) is 0.917. The van der Waals surface area contributed by atoms with Crippen LogP contribution in [0.1, 0.15) is 54.4 Å². The lowest BCUT2D eigenvalue weighted by Gasteiger charge is -2.33. The van der Waals surface area contributed by atoms with E-state index in [4.69, 9.17) is 4.74 Å². The zero-order valence-electron chi connectivity index (χ0n) is 11.3. The molecule has 0 aliphatic carbocycles. The Labute approximate surface area is 98.4 Å². The number of nitrogens with one attached hydrogen (secondary N) is 1. The molecule has 1 atom stereocenters. The highest BCUT2D eigenvalue weighted by Gasteiger charge is 2.32. The molecule has 0 aliphatic heterocycles. The number of aliphatic hydroxyl groups is 1. The Kier molecular flexibility index (Phi) is 5.26. The molecule has 0 fully saturated rings. The largest absolute Gasteiger partial charge is 0.444 e. The molecular formula is C12H25NO3. The number of carbonyl (C=O) groups excluding carboxylic acids is 1. The van der Waals surface area contributed by atoms with Gasteiger partial charge in [0, 0.05) is 0 Å². The lowest BCUT2D eigenvalue weighted by Crippen LogP contribution is -2.51. The molecule has 0 aromatic rings. The number of hydrogen-bond acceptors (Lipinski definition) is 3. The molecule has 0 unspecified atom stereocenters. The van der Waals surface area contributed by atoms with Crippen molar-refractivity contribution in [2.45, 2.75) is 71.6 Å². The van der Waals surface area contributed by atoms with Crippen molar-refractivity contribution in [2.75, 3.05) is 0 Å². The summed E-state index contributed by atoms with van der Waals surface area (Å²) in [6, 6.07) is -0.322. The van der Waals surface area contributed by atoms with E-state index >= 15 is 0 Å². The summed E-state index contributed by atoms with van der Waals surface area (Å²) in [5, 5.41) is 12.8. The topological polar surface area (TPSA) is 58.6 Å². The van der Waals surface area contributed by atoms with E-state index in [9.17, 15) is 9.90 Å². The lowest BCUT2D eigenvalue weighted by molar-refractivity contribution is -0.00811. The summed E-state index contributed by atoms with van der Waals surface area (Å²) in [5.74, 6) is 0. The van der Waals surface area contributed by atoms with Crippen molar-refractivity contribution >= 4 is 6.09 Å². The van der Waals surface area contributed by atoms with Crippen molar-refractivity contribution in [3.05, 3.63) is 0 Å². The number of rotatable bonds is 4. The van der Waals surface area contributed by atoms with E-state index in [0.717, 1.165) is 0 Å². The predicted molar refractivity (Wildman–Crippen MR) is 64.4 cm³/mol. The van der Waals surface area contributed by atoms with E-state index in [1.165, 1.54) is 0 Å². The molecule has 0 aliphatic rings. The molecule has 0 saturated heterocycles. The minimum absolute atomic E-state index is 0.322. The Balaban J connectivity index is 4.34. The van der Waals surface area contributed by atoms with E-state index < -0.39 is 17.3 Å². The number of alkyl carbamates (subject to hydrolysis) is 1. The first-order chi connectivity index (χ1) is 7.14. The van der Waals surface area contributed by atoms with E-state index in [2.05, 4.69) is 5.32 Å². The van der Waals surface area contributed by atoms with Crippen LogP contribution in [-0.4, -0.2) is 28.4 Å². The van der Waals surface area contributed by atoms with Crippen LogP contribution in [-0.2, 0) is 4.74 Å². The van der Waals surface area contributed by atoms with Crippen LogP contribution in [0.2, 0.25) is 0 Å². The molecule has 96 valence electrons. The van der Waals surface area contributed by atoms with Gasteiger partial charge in [-0.15, -0.1) is 0 Å². The molecule has 0 heterocycles. The second-order valence-corrected chi connectivity index (χ2v) is 5.18. The first-order valence-electron chi connectivity index (χ1n) is 5.86. The third-order valence-corrected chi connectivity index (χ3v) is 2.76. The number of ether oxygens (including phenoxy) is 1. The predicted octanol–water partition coefficient (Wildman–Crippen LogP) is 2.45. The molecule has 0 saturated carbocycles. The molecule has 0 rings (SSSR count). The van der Waals surface area contributed by atoms with Gasteiger partial charge in [-0.3, -0.25) is 0 Å². The molecule has 0 bridgehead atoms. The van der Waals surface area contributed by atoms with Crippen LogP contribution in [0.15, 0.2) is 0 Å². The Hall–Kier alpha value is -0.770. The van der Waals surface area contributed by atoms with Crippen LogP contribution in [0.25, 0.3) is 0 Å². The highest BCUT2D eigenvalue weighted by molar-refractivity contribution is 5.68. The summed E-state index contributed by atoms with van der Waals surface area (Å²) in [6.45, 7) is 11.0. The highest BCUT2D eigenvalue weighted by Crippen LogP contribution is 2.19. The third-order valence-electron chi connectivity index (χ3n) is 2.76. The maximum atomic E-state index is 11.5. The first kappa shape index (κ1) is 15.2. The van der Waals surface area contributed by atoms with Crippen molar-refractivity contribution < 1.29 is 14.6 Å². The highest BCUT2D eigenvalue weighted by atomic mass is 16.6. The van der Waals surface area contributed by atoms with Gasteiger partial charge in [0.15, 0.2) is 0 Å². The van der Waals surface area contributed by atoms with Crippen LogP contribution in [0, 0.1) is 0 Å². The Morgan fingerprint density at radius 2 is 1.75 bits per heavy atom. The fourth-order valence-electron chi connectivity index (χ4n) is 1.48. The van der Waals surface area contributed by atoms with Gasteiger partial charge in [0.1, 0.15) is 5.60 Å². The molecule has 4 heteroatoms. The van der Waals surface area contributed by atoms with Crippen LogP contribution < -0.4 is 5.32 Å². The minimum atomic E-state index is -0.864. The average molecular weight is 231 g/mol. The Morgan fingerprint density at radius 1 is 1.31 bits per heavy atom. The average Bonchev–Trinajstić information content (AvgIpc) is 2.13. The van der Waals surface area contributed by atoms with Crippen LogP contribution in [0.3, 0.4) is 0 Å². The van der Waals surface area contributed by atoms with Crippen molar-refractivity contribution in [3.63, 3.8) is 0 Å². The molecule has 1 amide bonds. The summed E-state index contributed by atoms with van der Waals surface area (Å²) in [5.41, 5.74) is -1.38. The summed E-state index contributed by atoms with van der Waals surface area (Å²) < 4.78 is 5.13. The molecule has 0 aromatic carbocycles. The van der Waals surface area contributed by atoms with Crippen LogP contribution in [0.5, 0.6) is 0 Å². The third kappa shape index (κ3) is 4.84. The lowest BCUT2D eigenvalue weighted by atomic mass is 9.90. The van der Waals surface area contributed by atoms with Crippen LogP contribution in [0.4, 0.5) is 4.79 Å². The van der Waals surface area contributed by atoms with Gasteiger partial charge in [-0.2, -0.15) is 0 Å². The van der Waals surface area contributed by atoms with Crippen molar-refractivity contribution in [2.24, 2.45) is 0 Å². The first-order valence-corrected chi connectivity index (χ1v) is 5.86. The molecular weight excluding hydrogens is 206 g/mol. The van der Waals surface area contributed by atoms with Gasteiger partial charge in [0.2, 0.25) is 0 Å². The molecule has 0 radical (unpaired) electrons. The van der Waals surface area contributed by atoms with Gasteiger partial charge in [-0.25, -0.2) is 4.79 Å². The molecule has 2 N–H and O–H groups in total. The zero-order chi connectivity index (χ0) is 13.0. The number of amides is 1. The van der Waals surface area contributed by atoms with E-state index in [0.29, 0.717) is 12.8 Å². The van der Waals surface area contributed by atoms with E-state index in [1.54, 1.807) is 6.92 Å². The normalized spacial score (nSPS) is 14.4. The van der Waals surface area contributed by atoms with Crippen LogP contribution >= 0.6 is 0 Å². The number of hydrogen-bond donors (Lipinski definition) is 2.